The lowest BCUT2D eigenvalue weighted by atomic mass is 9.17. The standard InChI is InChI=1S/C49H30B2N2/c1-3-15-31(16-4-1)52-41-27-12-11-25-39(41)50-40-26-13-23-37-45(40)51-46-38(49(37)35-21-9-7-19-33(35)34-20-8-10-22-36(34)49)24-14-28-42(46)53(32-17-5-2-6-18-32)44-30-29-43(52)47(50)48(44)51/h1-30H. The maximum absolute atomic E-state index is 2.56. The minimum atomic E-state index is -0.445. The van der Waals surface area contributed by atoms with Gasteiger partial charge in [0.25, 0.3) is 0 Å². The molecule has 0 fully saturated rings. The smallest absolute Gasteiger partial charge is 0.246 e. The van der Waals surface area contributed by atoms with Gasteiger partial charge in [-0.2, -0.15) is 0 Å². The summed E-state index contributed by atoms with van der Waals surface area (Å²) >= 11 is 0. The highest BCUT2D eigenvalue weighted by atomic mass is 15.2. The highest BCUT2D eigenvalue weighted by molar-refractivity contribution is 7.14. The first-order valence-electron chi connectivity index (χ1n) is 18.8. The summed E-state index contributed by atoms with van der Waals surface area (Å²) in [6.45, 7) is 0.192. The van der Waals surface area contributed by atoms with Gasteiger partial charge in [0, 0.05) is 34.1 Å². The second-order valence-corrected chi connectivity index (χ2v) is 15.1. The van der Waals surface area contributed by atoms with Gasteiger partial charge in [-0.1, -0.05) is 144 Å². The van der Waals surface area contributed by atoms with Crippen LogP contribution in [0.15, 0.2) is 182 Å². The van der Waals surface area contributed by atoms with Crippen molar-refractivity contribution in [3.63, 3.8) is 0 Å². The Bertz CT molecular complexity index is 2820. The summed E-state index contributed by atoms with van der Waals surface area (Å²) in [5.41, 5.74) is 23.9. The summed E-state index contributed by atoms with van der Waals surface area (Å²) in [5, 5.41) is 0. The van der Waals surface area contributed by atoms with Gasteiger partial charge in [-0.05, 0) is 104 Å². The van der Waals surface area contributed by atoms with E-state index >= 15 is 0 Å². The maximum atomic E-state index is 2.56. The number of para-hydroxylation sites is 3. The van der Waals surface area contributed by atoms with Gasteiger partial charge in [0.15, 0.2) is 0 Å². The van der Waals surface area contributed by atoms with Crippen LogP contribution in [0, 0.1) is 0 Å². The Labute approximate surface area is 309 Å². The van der Waals surface area contributed by atoms with Crippen LogP contribution in [0.3, 0.4) is 0 Å². The zero-order valence-corrected chi connectivity index (χ0v) is 28.9. The van der Waals surface area contributed by atoms with Crippen molar-refractivity contribution in [3.8, 4) is 11.1 Å². The lowest BCUT2D eigenvalue weighted by Crippen LogP contribution is -2.81. The molecule has 4 heteroatoms. The van der Waals surface area contributed by atoms with Gasteiger partial charge in [0.05, 0.1) is 5.41 Å². The van der Waals surface area contributed by atoms with Crippen molar-refractivity contribution >= 4 is 80.3 Å². The third-order valence-electron chi connectivity index (χ3n) is 12.9. The molecular weight excluding hydrogens is 638 g/mol. The number of rotatable bonds is 2. The van der Waals surface area contributed by atoms with Crippen LogP contribution in [0.5, 0.6) is 0 Å². The second-order valence-electron chi connectivity index (χ2n) is 15.1. The highest BCUT2D eigenvalue weighted by Crippen LogP contribution is 2.57. The van der Waals surface area contributed by atoms with Crippen LogP contribution in [0.4, 0.5) is 34.1 Å². The van der Waals surface area contributed by atoms with Crippen molar-refractivity contribution in [2.24, 2.45) is 0 Å². The van der Waals surface area contributed by atoms with Crippen LogP contribution >= 0.6 is 0 Å². The molecule has 0 saturated heterocycles. The zero-order chi connectivity index (χ0) is 34.4. The summed E-state index contributed by atoms with van der Waals surface area (Å²) in [5.74, 6) is 0. The quantitative estimate of drug-likeness (QED) is 0.179. The molecule has 4 heterocycles. The molecule has 53 heavy (non-hydrogen) atoms. The molecule has 1 aliphatic carbocycles. The lowest BCUT2D eigenvalue weighted by molar-refractivity contribution is 0.775. The normalized spacial score (nSPS) is 15.2. The number of benzene rings is 8. The molecule has 8 aromatic rings. The van der Waals surface area contributed by atoms with Crippen LogP contribution in [0.2, 0.25) is 0 Å². The minimum absolute atomic E-state index is 0.0932. The first-order chi connectivity index (χ1) is 26.4. The molecule has 8 aromatic carbocycles. The van der Waals surface area contributed by atoms with E-state index in [1.807, 2.05) is 0 Å². The Morgan fingerprint density at radius 1 is 0.302 bits per heavy atom. The molecule has 4 aliphatic heterocycles. The Balaban J connectivity index is 1.24. The number of fused-ring (bicyclic) bond motifs is 10. The van der Waals surface area contributed by atoms with Crippen molar-refractivity contribution in [1.29, 1.82) is 0 Å². The molecule has 242 valence electrons. The van der Waals surface area contributed by atoms with Gasteiger partial charge in [-0.3, -0.25) is 0 Å². The first-order valence-corrected chi connectivity index (χ1v) is 18.8. The van der Waals surface area contributed by atoms with E-state index in [0.717, 1.165) is 0 Å². The van der Waals surface area contributed by atoms with E-state index in [0.29, 0.717) is 0 Å². The largest absolute Gasteiger partial charge is 0.312 e. The van der Waals surface area contributed by atoms with Gasteiger partial charge < -0.3 is 9.80 Å². The van der Waals surface area contributed by atoms with Crippen molar-refractivity contribution in [3.05, 3.63) is 204 Å². The monoisotopic (exact) mass is 668 g/mol. The fourth-order valence-corrected chi connectivity index (χ4v) is 11.2. The molecule has 0 atom stereocenters. The van der Waals surface area contributed by atoms with Crippen molar-refractivity contribution < 1.29 is 0 Å². The number of hydrogen-bond donors (Lipinski definition) is 0. The highest BCUT2D eigenvalue weighted by Gasteiger charge is 2.58. The zero-order valence-electron chi connectivity index (χ0n) is 28.9. The molecule has 5 aliphatic rings. The molecule has 0 radical (unpaired) electrons. The molecular formula is C49H30B2N2. The van der Waals surface area contributed by atoms with Crippen LogP contribution in [-0.4, -0.2) is 13.4 Å². The topological polar surface area (TPSA) is 6.48 Å². The molecule has 0 N–H and O–H groups in total. The fraction of sp³-hybridized carbons (Fsp3) is 0.0204. The lowest BCUT2D eigenvalue weighted by Gasteiger charge is -2.52. The van der Waals surface area contributed by atoms with Gasteiger partial charge in [0.1, 0.15) is 0 Å². The van der Waals surface area contributed by atoms with Crippen LogP contribution < -0.4 is 42.6 Å². The van der Waals surface area contributed by atoms with E-state index in [1.165, 1.54) is 100 Å². The summed E-state index contributed by atoms with van der Waals surface area (Å²) < 4.78 is 0. The minimum Gasteiger partial charge on any atom is -0.312 e. The van der Waals surface area contributed by atoms with E-state index < -0.39 is 5.41 Å². The molecule has 0 amide bonds. The molecule has 1 spiro atoms. The van der Waals surface area contributed by atoms with E-state index in [-0.39, 0.29) is 13.4 Å². The second kappa shape index (κ2) is 9.87. The first kappa shape index (κ1) is 28.1. The third kappa shape index (κ3) is 3.22. The third-order valence-corrected chi connectivity index (χ3v) is 12.9. The Morgan fingerprint density at radius 3 is 1.43 bits per heavy atom. The SMILES string of the molecule is c1ccc(N2c3ccccc3B3c4cccc5c4B4c6c(cccc6C56c5ccccc5-c5ccccc56)N(c5ccccc5)c5ccc2c3c54)cc1. The molecule has 0 saturated carbocycles. The van der Waals surface area contributed by atoms with E-state index in [4.69, 9.17) is 0 Å². The number of nitrogens with zero attached hydrogens (tertiary/aromatic N) is 2. The fourth-order valence-electron chi connectivity index (χ4n) is 11.2. The predicted octanol–water partition coefficient (Wildman–Crippen LogP) is 7.28. The van der Waals surface area contributed by atoms with Crippen molar-refractivity contribution in [2.75, 3.05) is 9.80 Å². The molecule has 0 bridgehead atoms. The molecule has 0 unspecified atom stereocenters. The van der Waals surface area contributed by atoms with Crippen molar-refractivity contribution in [1.82, 2.24) is 0 Å². The summed E-state index contributed by atoms with van der Waals surface area (Å²) in [4.78, 5) is 5.08. The van der Waals surface area contributed by atoms with Crippen LogP contribution in [-0.2, 0) is 5.41 Å². The number of anilines is 6. The molecule has 0 aromatic heterocycles. The van der Waals surface area contributed by atoms with Gasteiger partial charge >= 0.3 is 0 Å². The van der Waals surface area contributed by atoms with Gasteiger partial charge in [-0.15, -0.1) is 0 Å². The summed E-state index contributed by atoms with van der Waals surface area (Å²) in [6, 6.07) is 68.7. The van der Waals surface area contributed by atoms with E-state index in [2.05, 4.69) is 192 Å². The Kier molecular flexibility index (Phi) is 5.24. The van der Waals surface area contributed by atoms with Gasteiger partial charge in [0.2, 0.25) is 13.4 Å². The van der Waals surface area contributed by atoms with Gasteiger partial charge in [-0.25, -0.2) is 0 Å². The molecule has 13 rings (SSSR count). The predicted molar refractivity (Wildman–Crippen MR) is 222 cm³/mol. The Hall–Kier alpha value is -6.51. The van der Waals surface area contributed by atoms with E-state index in [9.17, 15) is 0 Å². The Morgan fingerprint density at radius 2 is 0.755 bits per heavy atom. The summed E-state index contributed by atoms with van der Waals surface area (Å²) in [7, 11) is 0. The van der Waals surface area contributed by atoms with Crippen LogP contribution in [0.1, 0.15) is 22.3 Å². The average Bonchev–Trinajstić information content (AvgIpc) is 3.52. The number of hydrogen-bond acceptors (Lipinski definition) is 2. The summed E-state index contributed by atoms with van der Waals surface area (Å²) in [6.07, 6.45) is 0. The maximum Gasteiger partial charge on any atom is 0.246 e. The molecule has 2 nitrogen and oxygen atoms in total. The average molecular weight is 668 g/mol. The van der Waals surface area contributed by atoms with E-state index in [1.54, 1.807) is 0 Å². The van der Waals surface area contributed by atoms with Crippen molar-refractivity contribution in [2.45, 2.75) is 5.41 Å². The van der Waals surface area contributed by atoms with Crippen LogP contribution in [0.25, 0.3) is 11.1 Å².